The van der Waals surface area contributed by atoms with Crippen molar-refractivity contribution in [2.45, 2.75) is 6.10 Å². The van der Waals surface area contributed by atoms with Crippen LogP contribution in [0, 0.1) is 0 Å². The molecule has 0 radical (unpaired) electrons. The van der Waals surface area contributed by atoms with E-state index in [0.29, 0.717) is 18.8 Å². The molecule has 7 nitrogen and oxygen atoms in total. The molecule has 3 heterocycles. The van der Waals surface area contributed by atoms with E-state index >= 15 is 0 Å². The summed E-state index contributed by atoms with van der Waals surface area (Å²) in [6.07, 6.45) is 4.67. The number of amides is 1. The van der Waals surface area contributed by atoms with Crippen molar-refractivity contribution >= 4 is 5.91 Å². The Morgan fingerprint density at radius 1 is 1.50 bits per heavy atom. The number of likely N-dealkylation sites (tertiary alicyclic amines) is 1. The molecule has 0 aromatic carbocycles. The monoisotopic (exact) mass is 245 g/mol. The fourth-order valence-electron chi connectivity index (χ4n) is 1.75. The molecule has 1 saturated heterocycles. The number of rotatable bonds is 3. The minimum atomic E-state index is -0.154. The predicted molar refractivity (Wildman–Crippen MR) is 60.9 cm³/mol. The normalized spacial score (nSPS) is 15.2. The fraction of sp³-hybridized carbons (Fsp3) is 0.273. The number of carbonyl (C=O) groups is 1. The summed E-state index contributed by atoms with van der Waals surface area (Å²) < 4.78 is 5.65. The molecule has 0 atom stereocenters. The van der Waals surface area contributed by atoms with Gasteiger partial charge in [0.25, 0.3) is 5.91 Å². The molecule has 0 aliphatic carbocycles. The molecule has 1 aliphatic rings. The number of nitrogens with zero attached hydrogens (tertiary/aromatic N) is 4. The van der Waals surface area contributed by atoms with E-state index in [1.165, 1.54) is 6.33 Å². The Hall–Kier alpha value is -2.44. The van der Waals surface area contributed by atoms with E-state index in [1.54, 1.807) is 17.3 Å². The molecule has 7 heteroatoms. The molecule has 0 bridgehead atoms. The van der Waals surface area contributed by atoms with Crippen molar-refractivity contribution in [1.82, 2.24) is 25.1 Å². The van der Waals surface area contributed by atoms with Crippen molar-refractivity contribution in [1.29, 1.82) is 0 Å². The molecule has 1 N–H and O–H groups in total. The maximum atomic E-state index is 11.8. The second-order valence-electron chi connectivity index (χ2n) is 3.97. The Bertz CT molecular complexity index is 522. The summed E-state index contributed by atoms with van der Waals surface area (Å²) >= 11 is 0. The Kier molecular flexibility index (Phi) is 2.64. The van der Waals surface area contributed by atoms with Crippen LogP contribution < -0.4 is 4.74 Å². The second-order valence-corrected chi connectivity index (χ2v) is 3.97. The van der Waals surface area contributed by atoms with Crippen LogP contribution in [0.25, 0.3) is 0 Å². The maximum Gasteiger partial charge on any atom is 0.291 e. The number of ether oxygens (including phenoxy) is 1. The van der Waals surface area contributed by atoms with Gasteiger partial charge < -0.3 is 9.64 Å². The van der Waals surface area contributed by atoms with Gasteiger partial charge in [0.1, 0.15) is 18.2 Å². The Labute approximate surface area is 103 Å². The van der Waals surface area contributed by atoms with Gasteiger partial charge in [-0.05, 0) is 12.1 Å². The third-order valence-corrected chi connectivity index (χ3v) is 2.69. The first-order valence-electron chi connectivity index (χ1n) is 5.54. The van der Waals surface area contributed by atoms with E-state index < -0.39 is 0 Å². The molecule has 2 aromatic heterocycles. The van der Waals surface area contributed by atoms with Crippen molar-refractivity contribution in [3.05, 3.63) is 36.7 Å². The topological polar surface area (TPSA) is 84.0 Å². The highest BCUT2D eigenvalue weighted by Crippen LogP contribution is 2.17. The number of pyridine rings is 1. The standard InChI is InChI=1S/C11H11N5O2/c17-11(10-13-7-14-15-10)16-5-9(6-16)18-8-2-1-3-12-4-8/h1-4,7,9H,5-6H2,(H,13,14,15). The zero-order valence-electron chi connectivity index (χ0n) is 9.48. The van der Waals surface area contributed by atoms with Crippen LogP contribution in [-0.2, 0) is 0 Å². The number of H-pyrrole nitrogens is 1. The number of nitrogens with one attached hydrogen (secondary N) is 1. The molecule has 3 rings (SSSR count). The van der Waals surface area contributed by atoms with Crippen LogP contribution in [0.3, 0.4) is 0 Å². The molecule has 1 amide bonds. The highest BCUT2D eigenvalue weighted by molar-refractivity contribution is 5.90. The van der Waals surface area contributed by atoms with Crippen LogP contribution >= 0.6 is 0 Å². The summed E-state index contributed by atoms with van der Waals surface area (Å²) in [7, 11) is 0. The molecule has 18 heavy (non-hydrogen) atoms. The minimum absolute atomic E-state index is 0.0149. The lowest BCUT2D eigenvalue weighted by atomic mass is 10.1. The Morgan fingerprint density at radius 3 is 3.06 bits per heavy atom. The number of aromatic amines is 1. The molecule has 1 fully saturated rings. The summed E-state index contributed by atoms with van der Waals surface area (Å²) in [4.78, 5) is 21.2. The summed E-state index contributed by atoms with van der Waals surface area (Å²) in [6.45, 7) is 1.10. The van der Waals surface area contributed by atoms with E-state index in [9.17, 15) is 4.79 Å². The molecular weight excluding hydrogens is 234 g/mol. The first-order chi connectivity index (χ1) is 8.83. The van der Waals surface area contributed by atoms with Crippen molar-refractivity contribution in [3.63, 3.8) is 0 Å². The number of hydrogen-bond acceptors (Lipinski definition) is 5. The van der Waals surface area contributed by atoms with Crippen LogP contribution in [0.15, 0.2) is 30.9 Å². The van der Waals surface area contributed by atoms with Crippen LogP contribution in [-0.4, -0.2) is 50.2 Å². The zero-order valence-corrected chi connectivity index (χ0v) is 9.48. The van der Waals surface area contributed by atoms with Gasteiger partial charge in [0.05, 0.1) is 19.3 Å². The predicted octanol–water partition coefficient (Wildman–Crippen LogP) is 0.103. The van der Waals surface area contributed by atoms with E-state index in [4.69, 9.17) is 4.74 Å². The Balaban J connectivity index is 1.53. The van der Waals surface area contributed by atoms with E-state index in [-0.39, 0.29) is 17.8 Å². The number of aromatic nitrogens is 4. The van der Waals surface area contributed by atoms with E-state index in [0.717, 1.165) is 0 Å². The largest absolute Gasteiger partial charge is 0.485 e. The first kappa shape index (κ1) is 10.7. The smallest absolute Gasteiger partial charge is 0.291 e. The molecular formula is C11H11N5O2. The van der Waals surface area contributed by atoms with Gasteiger partial charge in [0, 0.05) is 6.20 Å². The first-order valence-corrected chi connectivity index (χ1v) is 5.54. The molecule has 0 spiro atoms. The SMILES string of the molecule is O=C(c1ncn[nH]1)N1CC(Oc2cccnc2)C1. The van der Waals surface area contributed by atoms with Gasteiger partial charge in [-0.25, -0.2) is 4.98 Å². The van der Waals surface area contributed by atoms with Gasteiger partial charge in [-0.3, -0.25) is 14.9 Å². The molecule has 0 unspecified atom stereocenters. The fourth-order valence-corrected chi connectivity index (χ4v) is 1.75. The second kappa shape index (κ2) is 4.44. The summed E-state index contributed by atoms with van der Waals surface area (Å²) in [5.41, 5.74) is 0. The van der Waals surface area contributed by atoms with Crippen molar-refractivity contribution in [3.8, 4) is 5.75 Å². The highest BCUT2D eigenvalue weighted by Gasteiger charge is 2.33. The lowest BCUT2D eigenvalue weighted by Gasteiger charge is -2.38. The van der Waals surface area contributed by atoms with Gasteiger partial charge in [-0.2, -0.15) is 5.10 Å². The van der Waals surface area contributed by atoms with Crippen molar-refractivity contribution in [2.75, 3.05) is 13.1 Å². The van der Waals surface area contributed by atoms with Gasteiger partial charge >= 0.3 is 0 Å². The van der Waals surface area contributed by atoms with Gasteiger partial charge in [0.2, 0.25) is 5.82 Å². The average molecular weight is 245 g/mol. The Morgan fingerprint density at radius 2 is 2.39 bits per heavy atom. The van der Waals surface area contributed by atoms with Gasteiger partial charge in [-0.1, -0.05) is 0 Å². The third-order valence-electron chi connectivity index (χ3n) is 2.69. The van der Waals surface area contributed by atoms with Crippen LogP contribution in [0.2, 0.25) is 0 Å². The number of carbonyl (C=O) groups excluding carboxylic acids is 1. The summed E-state index contributed by atoms with van der Waals surface area (Å²) in [5, 5.41) is 6.20. The molecule has 0 saturated carbocycles. The molecule has 92 valence electrons. The zero-order chi connectivity index (χ0) is 12.4. The van der Waals surface area contributed by atoms with Gasteiger partial charge in [0.15, 0.2) is 0 Å². The third kappa shape index (κ3) is 2.02. The van der Waals surface area contributed by atoms with Crippen molar-refractivity contribution in [2.24, 2.45) is 0 Å². The molecule has 2 aromatic rings. The van der Waals surface area contributed by atoms with E-state index in [1.807, 2.05) is 12.1 Å². The number of hydrogen-bond donors (Lipinski definition) is 1. The highest BCUT2D eigenvalue weighted by atomic mass is 16.5. The quantitative estimate of drug-likeness (QED) is 0.829. The van der Waals surface area contributed by atoms with Gasteiger partial charge in [-0.15, -0.1) is 0 Å². The van der Waals surface area contributed by atoms with Crippen LogP contribution in [0.1, 0.15) is 10.6 Å². The van der Waals surface area contributed by atoms with Crippen molar-refractivity contribution < 1.29 is 9.53 Å². The average Bonchev–Trinajstić information content (AvgIpc) is 2.87. The summed E-state index contributed by atoms with van der Waals surface area (Å²) in [5.74, 6) is 0.822. The maximum absolute atomic E-state index is 11.8. The van der Waals surface area contributed by atoms with E-state index in [2.05, 4.69) is 20.2 Å². The van der Waals surface area contributed by atoms with Crippen LogP contribution in [0.5, 0.6) is 5.75 Å². The minimum Gasteiger partial charge on any atom is -0.485 e. The van der Waals surface area contributed by atoms with Crippen LogP contribution in [0.4, 0.5) is 0 Å². The lowest BCUT2D eigenvalue weighted by molar-refractivity contribution is 0.0168. The summed E-state index contributed by atoms with van der Waals surface area (Å²) in [6, 6.07) is 3.65. The molecule has 1 aliphatic heterocycles. The lowest BCUT2D eigenvalue weighted by Crippen LogP contribution is -2.56.